The topological polar surface area (TPSA) is 78.8 Å². The Labute approximate surface area is 194 Å². The molecule has 2 aromatic rings. The summed E-state index contributed by atoms with van der Waals surface area (Å²) in [4.78, 5) is 23.4. The van der Waals surface area contributed by atoms with Crippen molar-refractivity contribution in [1.82, 2.24) is 20.5 Å². The lowest BCUT2D eigenvalue weighted by Crippen LogP contribution is -2.40. The van der Waals surface area contributed by atoms with Crippen molar-refractivity contribution >= 4 is 47.2 Å². The molecule has 0 saturated carbocycles. The van der Waals surface area contributed by atoms with E-state index in [1.54, 1.807) is 32.5 Å². The summed E-state index contributed by atoms with van der Waals surface area (Å²) >= 11 is 1.70. The summed E-state index contributed by atoms with van der Waals surface area (Å²) in [7, 11) is 5.12. The number of likely N-dealkylation sites (N-methyl/N-ethyl adjacent to an activating group) is 1. The Morgan fingerprint density at radius 3 is 2.38 bits per heavy atom. The number of ether oxygens (including phenoxy) is 1. The highest BCUT2D eigenvalue weighted by molar-refractivity contribution is 14.0. The first-order chi connectivity index (χ1) is 13.5. The largest absolute Gasteiger partial charge is 0.497 e. The van der Waals surface area contributed by atoms with E-state index in [2.05, 4.69) is 27.5 Å². The van der Waals surface area contributed by atoms with Crippen molar-refractivity contribution in [1.29, 1.82) is 0 Å². The number of aliphatic imine (C=N–C) groups is 1. The Morgan fingerprint density at radius 2 is 1.83 bits per heavy atom. The van der Waals surface area contributed by atoms with Crippen LogP contribution in [0.1, 0.15) is 15.4 Å². The molecule has 160 valence electrons. The summed E-state index contributed by atoms with van der Waals surface area (Å²) in [5.74, 6) is 1.45. The van der Waals surface area contributed by atoms with Gasteiger partial charge in [0.15, 0.2) is 5.96 Å². The third-order valence-corrected chi connectivity index (χ3v) is 5.01. The Hall–Kier alpha value is -1.88. The fourth-order valence-electron chi connectivity index (χ4n) is 2.38. The molecule has 2 rings (SSSR count). The molecule has 0 bridgehead atoms. The van der Waals surface area contributed by atoms with Crippen LogP contribution in [0.4, 0.5) is 0 Å². The highest BCUT2D eigenvalue weighted by atomic mass is 127. The quantitative estimate of drug-likeness (QED) is 0.296. The molecule has 1 aromatic heterocycles. The smallest absolute Gasteiger partial charge is 0.243 e. The minimum absolute atomic E-state index is 0. The van der Waals surface area contributed by atoms with Crippen LogP contribution in [0.2, 0.25) is 0 Å². The van der Waals surface area contributed by atoms with Gasteiger partial charge in [0, 0.05) is 44.7 Å². The van der Waals surface area contributed by atoms with Crippen LogP contribution >= 0.6 is 35.3 Å². The molecular formula is C20H30IN5O2S. The third-order valence-electron chi connectivity index (χ3n) is 4.04. The van der Waals surface area contributed by atoms with Gasteiger partial charge in [0.2, 0.25) is 5.91 Å². The molecule has 1 heterocycles. The minimum Gasteiger partial charge on any atom is -0.497 e. The number of methoxy groups -OCH3 is 1. The summed E-state index contributed by atoms with van der Waals surface area (Å²) in [6.45, 7) is 3.58. The maximum Gasteiger partial charge on any atom is 0.243 e. The Balaban J connectivity index is 0.00000420. The van der Waals surface area contributed by atoms with E-state index in [9.17, 15) is 4.79 Å². The fourth-order valence-corrected chi connectivity index (χ4v) is 3.17. The number of hydrogen-bond donors (Lipinski definition) is 2. The molecule has 9 heteroatoms. The van der Waals surface area contributed by atoms with Crippen LogP contribution in [-0.4, -0.2) is 62.6 Å². The molecule has 0 radical (unpaired) electrons. The van der Waals surface area contributed by atoms with Crippen molar-refractivity contribution in [2.45, 2.75) is 19.8 Å². The first-order valence-corrected chi connectivity index (χ1v) is 10.1. The average molecular weight is 531 g/mol. The molecule has 7 nitrogen and oxygen atoms in total. The normalized spacial score (nSPS) is 10.8. The molecule has 1 amide bonds. The summed E-state index contributed by atoms with van der Waals surface area (Å²) in [6.07, 6.45) is 3.55. The lowest BCUT2D eigenvalue weighted by Gasteiger charge is -2.13. The van der Waals surface area contributed by atoms with Gasteiger partial charge in [-0.2, -0.15) is 0 Å². The van der Waals surface area contributed by atoms with Gasteiger partial charge in [0.1, 0.15) is 12.3 Å². The highest BCUT2D eigenvalue weighted by Gasteiger charge is 2.05. The summed E-state index contributed by atoms with van der Waals surface area (Å²) in [6, 6.07) is 8.00. The molecular weight excluding hydrogens is 501 g/mol. The number of nitrogens with one attached hydrogen (secondary N) is 2. The second-order valence-electron chi connectivity index (χ2n) is 6.52. The first kappa shape index (κ1) is 25.2. The minimum atomic E-state index is -0.0354. The number of thiazole rings is 1. The van der Waals surface area contributed by atoms with Gasteiger partial charge < -0.3 is 20.3 Å². The second kappa shape index (κ2) is 13.4. The molecule has 0 fully saturated rings. The van der Waals surface area contributed by atoms with Crippen molar-refractivity contribution in [3.63, 3.8) is 0 Å². The van der Waals surface area contributed by atoms with Gasteiger partial charge in [-0.25, -0.2) is 9.98 Å². The van der Waals surface area contributed by atoms with Crippen molar-refractivity contribution in [3.05, 3.63) is 45.9 Å². The van der Waals surface area contributed by atoms with Crippen LogP contribution in [0, 0.1) is 6.92 Å². The van der Waals surface area contributed by atoms with Crippen molar-refractivity contribution in [3.8, 4) is 5.75 Å². The molecule has 0 spiro atoms. The van der Waals surface area contributed by atoms with E-state index in [1.165, 1.54) is 15.3 Å². The molecule has 0 aliphatic carbocycles. The van der Waals surface area contributed by atoms with Crippen molar-refractivity contribution in [2.75, 3.05) is 40.8 Å². The van der Waals surface area contributed by atoms with Crippen LogP contribution in [0.15, 0.2) is 35.5 Å². The molecule has 0 unspecified atom stereocenters. The van der Waals surface area contributed by atoms with Crippen molar-refractivity contribution < 1.29 is 9.53 Å². The Morgan fingerprint density at radius 1 is 1.17 bits per heavy atom. The lowest BCUT2D eigenvalue weighted by molar-refractivity contribution is -0.127. The number of benzene rings is 1. The van der Waals surface area contributed by atoms with Gasteiger partial charge in [-0.1, -0.05) is 12.1 Å². The zero-order valence-electron chi connectivity index (χ0n) is 17.4. The Kier molecular flexibility index (Phi) is 11.6. The average Bonchev–Trinajstić information content (AvgIpc) is 3.10. The number of amides is 1. The SMILES string of the molecule is COc1ccc(CCNC(=NCC(=O)N(C)C)NCCc2ncc(C)s2)cc1.I. The monoisotopic (exact) mass is 531 g/mol. The van der Waals surface area contributed by atoms with E-state index in [0.29, 0.717) is 19.0 Å². The number of rotatable bonds is 9. The van der Waals surface area contributed by atoms with E-state index >= 15 is 0 Å². The van der Waals surface area contributed by atoms with Gasteiger partial charge in [-0.05, 0) is 31.0 Å². The lowest BCUT2D eigenvalue weighted by atomic mass is 10.1. The zero-order valence-corrected chi connectivity index (χ0v) is 20.5. The standard InChI is InChI=1S/C20H29N5O2S.HI/c1-15-13-23-18(28-15)10-12-22-20(24-14-19(26)25(2)3)21-11-9-16-5-7-17(27-4)8-6-16;/h5-8,13H,9-12,14H2,1-4H3,(H2,21,22,24);1H. The molecule has 2 N–H and O–H groups in total. The number of halogens is 1. The third kappa shape index (κ3) is 9.44. The molecule has 1 aromatic carbocycles. The van der Waals surface area contributed by atoms with E-state index in [-0.39, 0.29) is 36.4 Å². The van der Waals surface area contributed by atoms with Crippen LogP contribution in [-0.2, 0) is 17.6 Å². The van der Waals surface area contributed by atoms with Gasteiger partial charge in [0.05, 0.1) is 12.1 Å². The molecule has 0 aliphatic rings. The van der Waals surface area contributed by atoms with E-state index in [0.717, 1.165) is 23.6 Å². The van der Waals surface area contributed by atoms with E-state index in [1.807, 2.05) is 30.5 Å². The number of hydrogen-bond acceptors (Lipinski definition) is 5. The van der Waals surface area contributed by atoms with Crippen molar-refractivity contribution in [2.24, 2.45) is 4.99 Å². The molecule has 0 atom stereocenters. The maximum atomic E-state index is 11.8. The number of aryl methyl sites for hydroxylation is 1. The summed E-state index contributed by atoms with van der Waals surface area (Å²) < 4.78 is 5.18. The van der Waals surface area contributed by atoms with Crippen LogP contribution in [0.3, 0.4) is 0 Å². The van der Waals surface area contributed by atoms with Gasteiger partial charge in [0.25, 0.3) is 0 Å². The van der Waals surface area contributed by atoms with Crippen LogP contribution in [0.25, 0.3) is 0 Å². The number of carbonyl (C=O) groups is 1. The van der Waals surface area contributed by atoms with Gasteiger partial charge >= 0.3 is 0 Å². The number of nitrogens with zero attached hydrogens (tertiary/aromatic N) is 3. The van der Waals surface area contributed by atoms with E-state index in [4.69, 9.17) is 4.74 Å². The van der Waals surface area contributed by atoms with Gasteiger partial charge in [-0.15, -0.1) is 35.3 Å². The molecule has 29 heavy (non-hydrogen) atoms. The molecule has 0 saturated heterocycles. The number of carbonyl (C=O) groups excluding carboxylic acids is 1. The molecule has 0 aliphatic heterocycles. The zero-order chi connectivity index (χ0) is 20.4. The fraction of sp³-hybridized carbons (Fsp3) is 0.450. The van der Waals surface area contributed by atoms with Crippen LogP contribution in [0.5, 0.6) is 5.75 Å². The van der Waals surface area contributed by atoms with Crippen LogP contribution < -0.4 is 15.4 Å². The summed E-state index contributed by atoms with van der Waals surface area (Å²) in [5, 5.41) is 7.68. The van der Waals surface area contributed by atoms with Gasteiger partial charge in [-0.3, -0.25) is 4.79 Å². The number of guanidine groups is 1. The number of aromatic nitrogens is 1. The maximum absolute atomic E-state index is 11.8. The van der Waals surface area contributed by atoms with E-state index < -0.39 is 0 Å². The highest BCUT2D eigenvalue weighted by Crippen LogP contribution is 2.12. The first-order valence-electron chi connectivity index (χ1n) is 9.24. The predicted molar refractivity (Wildman–Crippen MR) is 130 cm³/mol. The Bertz CT molecular complexity index is 777. The summed E-state index contributed by atoms with van der Waals surface area (Å²) in [5.41, 5.74) is 1.20. The second-order valence-corrected chi connectivity index (χ2v) is 7.84. The predicted octanol–water partition coefficient (Wildman–Crippen LogP) is 2.49.